The zero-order chi connectivity index (χ0) is 25.8. The molecule has 1 aromatic heterocycles. The maximum Gasteiger partial charge on any atom is 0.419 e. The van der Waals surface area contributed by atoms with E-state index in [-0.39, 0.29) is 17.9 Å². The number of thiazole rings is 1. The van der Waals surface area contributed by atoms with Gasteiger partial charge in [0.1, 0.15) is 10.8 Å². The van der Waals surface area contributed by atoms with Crippen molar-refractivity contribution in [2.75, 3.05) is 6.54 Å². The predicted octanol–water partition coefficient (Wildman–Crippen LogP) is 6.91. The Morgan fingerprint density at radius 3 is 2.69 bits per heavy atom. The lowest BCUT2D eigenvalue weighted by Crippen LogP contribution is -2.13. The molecule has 4 nitrogen and oxygen atoms in total. The summed E-state index contributed by atoms with van der Waals surface area (Å²) < 4.78 is 52.6. The SMILES string of the molecule is C#CC1CC(CC(=O)O)=NC/C(C)=C\C=C/1SCc1sc(-c2ccc(C(F)(F)F)c(F)c2)nc1C. The van der Waals surface area contributed by atoms with Gasteiger partial charge in [0.25, 0.3) is 0 Å². The van der Waals surface area contributed by atoms with Crippen molar-refractivity contribution in [3.8, 4) is 22.9 Å². The highest BCUT2D eigenvalue weighted by Gasteiger charge is 2.34. The Morgan fingerprint density at radius 2 is 2.06 bits per heavy atom. The normalized spacial score (nSPS) is 19.8. The molecule has 1 aromatic carbocycles. The first-order valence-corrected chi connectivity index (χ1v) is 12.3. The number of allylic oxidation sites excluding steroid dienone is 3. The van der Waals surface area contributed by atoms with Gasteiger partial charge in [-0.2, -0.15) is 13.2 Å². The fraction of sp³-hybridized carbons (Fsp3) is 0.320. The van der Waals surface area contributed by atoms with E-state index in [4.69, 9.17) is 6.42 Å². The monoisotopic (exact) mass is 522 g/mol. The molecule has 2 aromatic rings. The van der Waals surface area contributed by atoms with Crippen molar-refractivity contribution < 1.29 is 27.5 Å². The number of terminal acetylenes is 1. The molecular weight excluding hydrogens is 500 g/mol. The quantitative estimate of drug-likeness (QED) is 0.331. The number of aryl methyl sites for hydroxylation is 1. The summed E-state index contributed by atoms with van der Waals surface area (Å²) >= 11 is 2.77. The lowest BCUT2D eigenvalue weighted by atomic mass is 10.00. The molecular formula is C25H22F4N2O2S2. The number of halogens is 4. The van der Waals surface area contributed by atoms with Gasteiger partial charge in [-0.3, -0.25) is 9.79 Å². The Balaban J connectivity index is 1.81. The summed E-state index contributed by atoms with van der Waals surface area (Å²) in [6.07, 6.45) is 5.01. The number of aromatic nitrogens is 1. The van der Waals surface area contributed by atoms with Crippen molar-refractivity contribution in [1.82, 2.24) is 4.98 Å². The minimum atomic E-state index is -4.76. The summed E-state index contributed by atoms with van der Waals surface area (Å²) in [5, 5.41) is 9.61. The molecule has 0 fully saturated rings. The summed E-state index contributed by atoms with van der Waals surface area (Å²) in [6.45, 7) is 4.09. The lowest BCUT2D eigenvalue weighted by molar-refractivity contribution is -0.140. The Labute approximate surface area is 208 Å². The van der Waals surface area contributed by atoms with Crippen LogP contribution in [0.2, 0.25) is 0 Å². The van der Waals surface area contributed by atoms with Crippen LogP contribution in [0.25, 0.3) is 10.6 Å². The first kappa shape index (κ1) is 26.7. The first-order chi connectivity index (χ1) is 16.5. The molecule has 0 saturated carbocycles. The van der Waals surface area contributed by atoms with Gasteiger partial charge in [-0.1, -0.05) is 29.7 Å². The minimum Gasteiger partial charge on any atom is -0.481 e. The molecule has 0 spiro atoms. The van der Waals surface area contributed by atoms with Crippen LogP contribution in [0.15, 0.2) is 45.8 Å². The second kappa shape index (κ2) is 11.2. The van der Waals surface area contributed by atoms with Crippen LogP contribution in [0.5, 0.6) is 0 Å². The van der Waals surface area contributed by atoms with Crippen LogP contribution in [-0.2, 0) is 16.7 Å². The number of benzene rings is 1. The van der Waals surface area contributed by atoms with Crippen molar-refractivity contribution in [1.29, 1.82) is 0 Å². The number of thioether (sulfide) groups is 1. The Hall–Kier alpha value is -2.90. The second-order valence-corrected chi connectivity index (χ2v) is 10.1. The summed E-state index contributed by atoms with van der Waals surface area (Å²) in [5.74, 6) is 0.573. The molecule has 1 unspecified atom stereocenters. The molecule has 184 valence electrons. The molecule has 0 amide bonds. The van der Waals surface area contributed by atoms with E-state index < -0.39 is 23.5 Å². The van der Waals surface area contributed by atoms with Gasteiger partial charge in [0.05, 0.1) is 30.1 Å². The zero-order valence-corrected chi connectivity index (χ0v) is 20.6. The average Bonchev–Trinajstić information content (AvgIpc) is 3.17. The van der Waals surface area contributed by atoms with Gasteiger partial charge < -0.3 is 5.11 Å². The summed E-state index contributed by atoms with van der Waals surface area (Å²) in [7, 11) is 0. The highest BCUT2D eigenvalue weighted by molar-refractivity contribution is 8.02. The predicted molar refractivity (Wildman–Crippen MR) is 132 cm³/mol. The largest absolute Gasteiger partial charge is 0.481 e. The number of carboxylic acid groups (broad SMARTS) is 1. The summed E-state index contributed by atoms with van der Waals surface area (Å²) in [5.41, 5.74) is 1.15. The van der Waals surface area contributed by atoms with E-state index in [0.29, 0.717) is 35.1 Å². The van der Waals surface area contributed by atoms with Crippen LogP contribution in [0.1, 0.15) is 35.9 Å². The topological polar surface area (TPSA) is 62.5 Å². The molecule has 0 bridgehead atoms. The molecule has 3 rings (SSSR count). The number of aliphatic imine (C=N–C) groups is 1. The van der Waals surface area contributed by atoms with Crippen LogP contribution in [0.3, 0.4) is 0 Å². The Bertz CT molecular complexity index is 1250. The second-order valence-electron chi connectivity index (χ2n) is 7.97. The molecule has 0 radical (unpaired) electrons. The highest BCUT2D eigenvalue weighted by Crippen LogP contribution is 2.38. The summed E-state index contributed by atoms with van der Waals surface area (Å²) in [6, 6.07) is 2.79. The number of aliphatic carboxylic acids is 1. The van der Waals surface area contributed by atoms with E-state index in [1.165, 1.54) is 29.2 Å². The fourth-order valence-corrected chi connectivity index (χ4v) is 5.63. The molecule has 35 heavy (non-hydrogen) atoms. The van der Waals surface area contributed by atoms with E-state index in [1.807, 2.05) is 19.1 Å². The molecule has 2 heterocycles. The molecule has 1 N–H and O–H groups in total. The maximum atomic E-state index is 14.0. The van der Waals surface area contributed by atoms with Gasteiger partial charge in [0, 0.05) is 33.2 Å². The van der Waals surface area contributed by atoms with Gasteiger partial charge in [0.2, 0.25) is 0 Å². The zero-order valence-electron chi connectivity index (χ0n) is 18.9. The third-order valence-corrected chi connectivity index (χ3v) is 7.78. The van der Waals surface area contributed by atoms with E-state index in [9.17, 15) is 27.5 Å². The van der Waals surface area contributed by atoms with E-state index in [2.05, 4.69) is 15.9 Å². The molecule has 0 saturated heterocycles. The van der Waals surface area contributed by atoms with Crippen LogP contribution in [0, 0.1) is 31.0 Å². The van der Waals surface area contributed by atoms with Crippen molar-refractivity contribution >= 4 is 34.8 Å². The fourth-order valence-electron chi connectivity index (χ4n) is 3.34. The van der Waals surface area contributed by atoms with Crippen molar-refractivity contribution in [2.45, 2.75) is 38.6 Å². The number of alkyl halides is 3. The third-order valence-electron chi connectivity index (χ3n) is 5.21. The maximum absolute atomic E-state index is 14.0. The lowest BCUT2D eigenvalue weighted by Gasteiger charge is -2.15. The minimum absolute atomic E-state index is 0.176. The van der Waals surface area contributed by atoms with Gasteiger partial charge in [-0.15, -0.1) is 29.5 Å². The Morgan fingerprint density at radius 1 is 1.31 bits per heavy atom. The average molecular weight is 523 g/mol. The van der Waals surface area contributed by atoms with E-state index >= 15 is 0 Å². The van der Waals surface area contributed by atoms with Crippen LogP contribution >= 0.6 is 23.1 Å². The number of hydrogen-bond donors (Lipinski definition) is 1. The van der Waals surface area contributed by atoms with Gasteiger partial charge in [0.15, 0.2) is 0 Å². The molecule has 0 aliphatic carbocycles. The van der Waals surface area contributed by atoms with Crippen molar-refractivity contribution in [3.05, 3.63) is 62.8 Å². The van der Waals surface area contributed by atoms with Gasteiger partial charge in [-0.25, -0.2) is 9.37 Å². The third kappa shape index (κ3) is 7.05. The van der Waals surface area contributed by atoms with E-state index in [1.54, 1.807) is 6.92 Å². The molecule has 1 atom stereocenters. The summed E-state index contributed by atoms with van der Waals surface area (Å²) in [4.78, 5) is 21.8. The van der Waals surface area contributed by atoms with Crippen molar-refractivity contribution in [3.63, 3.8) is 0 Å². The number of nitrogens with zero attached hydrogens (tertiary/aromatic N) is 2. The highest BCUT2D eigenvalue weighted by atomic mass is 32.2. The van der Waals surface area contributed by atoms with Gasteiger partial charge >= 0.3 is 12.1 Å². The number of hydrogen-bond acceptors (Lipinski definition) is 5. The standard InChI is InChI=1S/C25H22F4N2O2S2/c1-4-16-9-18(11-23(32)33)30-12-14(2)5-8-21(16)34-13-22-15(3)31-24(35-22)17-6-7-19(20(26)10-17)25(27,28)29/h1,5-8,10,16H,9,11-13H2,2-3H3,(H,32,33)/b14-5-,21-8+,30-18?. The van der Waals surface area contributed by atoms with Crippen LogP contribution in [-0.4, -0.2) is 28.3 Å². The molecule has 1 aliphatic rings. The van der Waals surface area contributed by atoms with Crippen LogP contribution in [0.4, 0.5) is 17.6 Å². The number of carbonyl (C=O) groups is 1. The number of rotatable bonds is 6. The number of carboxylic acids is 1. The van der Waals surface area contributed by atoms with E-state index in [0.717, 1.165) is 27.5 Å². The first-order valence-electron chi connectivity index (χ1n) is 10.5. The Kier molecular flexibility index (Phi) is 8.56. The van der Waals surface area contributed by atoms with Crippen molar-refractivity contribution in [2.24, 2.45) is 10.9 Å². The molecule has 1 aliphatic heterocycles. The van der Waals surface area contributed by atoms with Gasteiger partial charge in [-0.05, 0) is 26.0 Å². The molecule has 10 heteroatoms. The smallest absolute Gasteiger partial charge is 0.419 e. The van der Waals surface area contributed by atoms with Crippen LogP contribution < -0.4 is 0 Å².